The van der Waals surface area contributed by atoms with Crippen LogP contribution in [0.5, 0.6) is 0 Å². The summed E-state index contributed by atoms with van der Waals surface area (Å²) in [6, 6.07) is 0.654. The fourth-order valence-electron chi connectivity index (χ4n) is 3.84. The number of hydrogen-bond donors (Lipinski definition) is 0. The molecule has 3 saturated heterocycles. The Morgan fingerprint density at radius 2 is 2.15 bits per heavy atom. The van der Waals surface area contributed by atoms with Crippen molar-refractivity contribution in [1.82, 2.24) is 4.90 Å². The molecule has 5 heteroatoms. The molecule has 2 unspecified atom stereocenters. The van der Waals surface area contributed by atoms with Crippen LogP contribution >= 0.6 is 11.8 Å². The molecule has 0 aromatic heterocycles. The Morgan fingerprint density at radius 1 is 1.35 bits per heavy atom. The molecule has 3 aliphatic heterocycles. The van der Waals surface area contributed by atoms with Crippen molar-refractivity contribution in [2.45, 2.75) is 43.7 Å². The van der Waals surface area contributed by atoms with Gasteiger partial charge in [-0.3, -0.25) is 4.79 Å². The van der Waals surface area contributed by atoms with Crippen molar-refractivity contribution in [2.24, 2.45) is 5.92 Å². The average molecular weight is 299 g/mol. The van der Waals surface area contributed by atoms with E-state index in [0.717, 1.165) is 39.0 Å². The topological polar surface area (TPSA) is 38.8 Å². The first-order valence-corrected chi connectivity index (χ1v) is 8.91. The van der Waals surface area contributed by atoms with Crippen LogP contribution in [0.3, 0.4) is 0 Å². The van der Waals surface area contributed by atoms with Crippen LogP contribution in [-0.4, -0.2) is 60.8 Å². The molecular formula is C15H25NO3S. The first-order valence-electron chi connectivity index (χ1n) is 7.76. The third-order valence-electron chi connectivity index (χ3n) is 5.11. The number of thioether (sulfide) groups is 1. The SMILES string of the molecule is COC(=O)C1CCN(C2CCOC3(CCSC3)C2)CC1. The quantitative estimate of drug-likeness (QED) is 0.729. The Kier molecular flexibility index (Phi) is 4.58. The zero-order chi connectivity index (χ0) is 14.0. The zero-order valence-electron chi connectivity index (χ0n) is 12.3. The second-order valence-corrected chi connectivity index (χ2v) is 7.42. The Morgan fingerprint density at radius 3 is 2.80 bits per heavy atom. The molecular weight excluding hydrogens is 274 g/mol. The van der Waals surface area contributed by atoms with Gasteiger partial charge in [0.1, 0.15) is 0 Å². The number of rotatable bonds is 2. The lowest BCUT2D eigenvalue weighted by Crippen LogP contribution is -2.51. The highest BCUT2D eigenvalue weighted by Crippen LogP contribution is 2.40. The molecule has 3 aliphatic rings. The van der Waals surface area contributed by atoms with Crippen molar-refractivity contribution in [1.29, 1.82) is 0 Å². The van der Waals surface area contributed by atoms with Crippen molar-refractivity contribution in [3.05, 3.63) is 0 Å². The van der Waals surface area contributed by atoms with Crippen LogP contribution in [0.15, 0.2) is 0 Å². The van der Waals surface area contributed by atoms with Crippen LogP contribution in [0.2, 0.25) is 0 Å². The van der Waals surface area contributed by atoms with E-state index in [2.05, 4.69) is 4.90 Å². The van der Waals surface area contributed by atoms with E-state index in [1.807, 2.05) is 11.8 Å². The minimum absolute atomic E-state index is 0.0275. The molecule has 0 amide bonds. The number of likely N-dealkylation sites (tertiary alicyclic amines) is 1. The highest BCUT2D eigenvalue weighted by molar-refractivity contribution is 7.99. The maximum absolute atomic E-state index is 11.6. The molecule has 4 nitrogen and oxygen atoms in total. The summed E-state index contributed by atoms with van der Waals surface area (Å²) in [5.41, 5.74) is 0.160. The van der Waals surface area contributed by atoms with Gasteiger partial charge in [0.05, 0.1) is 18.6 Å². The lowest BCUT2D eigenvalue weighted by Gasteiger charge is -2.44. The first-order chi connectivity index (χ1) is 9.72. The largest absolute Gasteiger partial charge is 0.469 e. The molecule has 1 spiro atoms. The van der Waals surface area contributed by atoms with Crippen molar-refractivity contribution in [2.75, 3.05) is 38.3 Å². The molecule has 114 valence electrons. The summed E-state index contributed by atoms with van der Waals surface area (Å²) >= 11 is 2.03. The molecule has 0 aromatic carbocycles. The molecule has 0 bridgehead atoms. The van der Waals surface area contributed by atoms with Crippen LogP contribution in [0.4, 0.5) is 0 Å². The van der Waals surface area contributed by atoms with Gasteiger partial charge in [-0.1, -0.05) is 0 Å². The zero-order valence-corrected chi connectivity index (χ0v) is 13.1. The number of methoxy groups -OCH3 is 1. The molecule has 0 aromatic rings. The summed E-state index contributed by atoms with van der Waals surface area (Å²) in [7, 11) is 1.49. The van der Waals surface area contributed by atoms with Gasteiger partial charge >= 0.3 is 5.97 Å². The Balaban J connectivity index is 1.54. The highest BCUT2D eigenvalue weighted by Gasteiger charge is 2.42. The second-order valence-electron chi connectivity index (χ2n) is 6.31. The molecule has 3 heterocycles. The molecule has 0 saturated carbocycles. The number of carbonyl (C=O) groups excluding carboxylic acids is 1. The van der Waals surface area contributed by atoms with Crippen molar-refractivity contribution >= 4 is 17.7 Å². The number of carbonyl (C=O) groups is 1. The lowest BCUT2D eigenvalue weighted by atomic mass is 9.87. The van der Waals surface area contributed by atoms with Crippen LogP contribution in [0, 0.1) is 5.92 Å². The van der Waals surface area contributed by atoms with E-state index in [1.54, 1.807) is 0 Å². The van der Waals surface area contributed by atoms with Gasteiger partial charge in [-0.25, -0.2) is 0 Å². The van der Waals surface area contributed by atoms with E-state index in [-0.39, 0.29) is 17.5 Å². The van der Waals surface area contributed by atoms with Gasteiger partial charge in [0.15, 0.2) is 0 Å². The van der Waals surface area contributed by atoms with E-state index in [0.29, 0.717) is 6.04 Å². The normalized spacial score (nSPS) is 36.4. The summed E-state index contributed by atoms with van der Waals surface area (Å²) in [6.45, 7) is 2.98. The number of ether oxygens (including phenoxy) is 2. The predicted octanol–water partition coefficient (Wildman–Crippen LogP) is 1.93. The van der Waals surface area contributed by atoms with E-state index < -0.39 is 0 Å². The third-order valence-corrected chi connectivity index (χ3v) is 6.34. The molecule has 0 radical (unpaired) electrons. The van der Waals surface area contributed by atoms with Gasteiger partial charge < -0.3 is 14.4 Å². The molecule has 0 N–H and O–H groups in total. The van der Waals surface area contributed by atoms with Gasteiger partial charge in [0.2, 0.25) is 0 Å². The van der Waals surface area contributed by atoms with Crippen LogP contribution in [0.25, 0.3) is 0 Å². The third kappa shape index (κ3) is 3.00. The Bertz CT molecular complexity index is 349. The maximum atomic E-state index is 11.6. The molecule has 0 aliphatic carbocycles. The Labute approximate surface area is 125 Å². The summed E-state index contributed by atoms with van der Waals surface area (Å²) < 4.78 is 11.0. The fraction of sp³-hybridized carbons (Fsp3) is 0.933. The minimum Gasteiger partial charge on any atom is -0.469 e. The monoisotopic (exact) mass is 299 g/mol. The number of piperidine rings is 1. The predicted molar refractivity (Wildman–Crippen MR) is 80.0 cm³/mol. The second kappa shape index (κ2) is 6.24. The van der Waals surface area contributed by atoms with Gasteiger partial charge in [-0.2, -0.15) is 11.8 Å². The Hall–Kier alpha value is -0.260. The standard InChI is InChI=1S/C15H25NO3S/c1-18-14(17)12-2-6-16(7-3-12)13-4-8-19-15(10-13)5-9-20-11-15/h12-13H,2-11H2,1H3. The van der Waals surface area contributed by atoms with Crippen molar-refractivity contribution in [3.8, 4) is 0 Å². The molecule has 2 atom stereocenters. The van der Waals surface area contributed by atoms with E-state index in [1.165, 1.54) is 31.5 Å². The lowest BCUT2D eigenvalue weighted by molar-refractivity contribution is -0.148. The van der Waals surface area contributed by atoms with Gasteiger partial charge in [-0.05, 0) is 50.9 Å². The summed E-state index contributed by atoms with van der Waals surface area (Å²) in [5, 5.41) is 0. The van der Waals surface area contributed by atoms with E-state index in [4.69, 9.17) is 9.47 Å². The number of nitrogens with zero attached hydrogens (tertiary/aromatic N) is 1. The van der Waals surface area contributed by atoms with E-state index >= 15 is 0 Å². The van der Waals surface area contributed by atoms with Gasteiger partial charge in [-0.15, -0.1) is 0 Å². The van der Waals surface area contributed by atoms with E-state index in [9.17, 15) is 4.79 Å². The molecule has 3 rings (SSSR count). The van der Waals surface area contributed by atoms with Crippen molar-refractivity contribution in [3.63, 3.8) is 0 Å². The summed E-state index contributed by atoms with van der Waals surface area (Å²) in [4.78, 5) is 14.2. The summed E-state index contributed by atoms with van der Waals surface area (Å²) in [5.74, 6) is 2.51. The smallest absolute Gasteiger partial charge is 0.308 e. The first kappa shape index (κ1) is 14.7. The van der Waals surface area contributed by atoms with Gasteiger partial charge in [0, 0.05) is 18.4 Å². The van der Waals surface area contributed by atoms with Crippen LogP contribution in [-0.2, 0) is 14.3 Å². The number of hydrogen-bond acceptors (Lipinski definition) is 5. The van der Waals surface area contributed by atoms with Crippen LogP contribution < -0.4 is 0 Å². The van der Waals surface area contributed by atoms with Crippen molar-refractivity contribution < 1.29 is 14.3 Å². The summed E-state index contributed by atoms with van der Waals surface area (Å²) in [6.07, 6.45) is 5.45. The fourth-order valence-corrected chi connectivity index (χ4v) is 5.22. The highest BCUT2D eigenvalue weighted by atomic mass is 32.2. The van der Waals surface area contributed by atoms with Crippen LogP contribution in [0.1, 0.15) is 32.1 Å². The average Bonchev–Trinajstić information content (AvgIpc) is 2.94. The molecule has 20 heavy (non-hydrogen) atoms. The maximum Gasteiger partial charge on any atom is 0.308 e. The molecule has 3 fully saturated rings. The minimum atomic E-state index is -0.0275. The van der Waals surface area contributed by atoms with Gasteiger partial charge in [0.25, 0.3) is 0 Å². The number of esters is 1.